The highest BCUT2D eigenvalue weighted by molar-refractivity contribution is 5.79. The summed E-state index contributed by atoms with van der Waals surface area (Å²) in [6.07, 6.45) is 2.26. The van der Waals surface area contributed by atoms with Crippen LogP contribution in [0.3, 0.4) is 0 Å². The third-order valence-electron chi connectivity index (χ3n) is 4.66. The zero-order valence-electron chi connectivity index (χ0n) is 15.3. The van der Waals surface area contributed by atoms with Crippen LogP contribution in [0.5, 0.6) is 5.75 Å². The Bertz CT molecular complexity index is 654. The van der Waals surface area contributed by atoms with Crippen LogP contribution in [0.2, 0.25) is 0 Å². The van der Waals surface area contributed by atoms with Crippen LogP contribution in [0.4, 0.5) is 4.79 Å². The minimum atomic E-state index is -0.980. The van der Waals surface area contributed by atoms with Crippen molar-refractivity contribution in [3.05, 3.63) is 23.5 Å². The number of nitrogens with zero attached hydrogens (tertiary/aromatic N) is 3. The maximum absolute atomic E-state index is 12.2. The molecule has 25 heavy (non-hydrogen) atoms. The number of carboxylic acid groups (broad SMARTS) is 1. The van der Waals surface area contributed by atoms with Crippen LogP contribution < -0.4 is 0 Å². The number of hydrogen-bond acceptors (Lipinski definition) is 4. The van der Waals surface area contributed by atoms with Gasteiger partial charge in [-0.25, -0.2) is 4.79 Å². The van der Waals surface area contributed by atoms with Crippen LogP contribution in [-0.4, -0.2) is 61.7 Å². The Morgan fingerprint density at radius 2 is 2.12 bits per heavy atom. The summed E-state index contributed by atoms with van der Waals surface area (Å²) >= 11 is 0. The zero-order valence-corrected chi connectivity index (χ0v) is 15.3. The van der Waals surface area contributed by atoms with Crippen molar-refractivity contribution < 1.29 is 19.8 Å². The number of carbonyl (C=O) groups is 2. The van der Waals surface area contributed by atoms with Crippen LogP contribution in [-0.2, 0) is 11.2 Å². The van der Waals surface area contributed by atoms with Gasteiger partial charge in [-0.3, -0.25) is 9.78 Å². The molecule has 7 heteroatoms. The molecule has 1 aliphatic heterocycles. The largest absolute Gasteiger partial charge is 0.506 e. The van der Waals surface area contributed by atoms with Gasteiger partial charge in [0.25, 0.3) is 0 Å². The van der Waals surface area contributed by atoms with Gasteiger partial charge < -0.3 is 20.0 Å². The summed E-state index contributed by atoms with van der Waals surface area (Å²) in [5, 5.41) is 18.9. The van der Waals surface area contributed by atoms with Crippen molar-refractivity contribution in [3.8, 4) is 5.75 Å². The fourth-order valence-corrected chi connectivity index (χ4v) is 3.26. The number of likely N-dealkylation sites (tertiary alicyclic amines) is 1. The number of pyridine rings is 1. The molecule has 1 fully saturated rings. The van der Waals surface area contributed by atoms with Crippen molar-refractivity contribution in [1.29, 1.82) is 0 Å². The van der Waals surface area contributed by atoms with Crippen molar-refractivity contribution in [3.63, 3.8) is 0 Å². The van der Waals surface area contributed by atoms with Gasteiger partial charge in [-0.2, -0.15) is 0 Å². The highest BCUT2D eigenvalue weighted by atomic mass is 16.4. The van der Waals surface area contributed by atoms with Gasteiger partial charge in [0.2, 0.25) is 5.91 Å². The average molecular weight is 349 g/mol. The molecule has 2 heterocycles. The first-order valence-corrected chi connectivity index (χ1v) is 8.54. The van der Waals surface area contributed by atoms with E-state index in [0.29, 0.717) is 19.4 Å². The molecule has 0 spiro atoms. The number of hydrogen-bond donors (Lipinski definition) is 2. The number of carbonyl (C=O) groups excluding carboxylic acids is 1. The SMILES string of the molecule is Cc1cc(O)cnc1CC1CCC(=O)N1CCN(C(=O)O)C(C)(C)C. The summed E-state index contributed by atoms with van der Waals surface area (Å²) in [5.41, 5.74) is 1.23. The minimum absolute atomic E-state index is 0.0128. The molecular weight excluding hydrogens is 322 g/mol. The molecule has 138 valence electrons. The Balaban J connectivity index is 2.07. The first kappa shape index (κ1) is 19.0. The van der Waals surface area contributed by atoms with E-state index in [1.54, 1.807) is 11.0 Å². The summed E-state index contributed by atoms with van der Waals surface area (Å²) in [6.45, 7) is 8.07. The molecule has 0 aliphatic carbocycles. The normalized spacial score (nSPS) is 17.8. The van der Waals surface area contributed by atoms with Crippen molar-refractivity contribution in [2.24, 2.45) is 0 Å². The molecule has 1 unspecified atom stereocenters. The fraction of sp³-hybridized carbons (Fsp3) is 0.611. The van der Waals surface area contributed by atoms with Gasteiger partial charge in [0.1, 0.15) is 5.75 Å². The predicted molar refractivity (Wildman–Crippen MR) is 93.6 cm³/mol. The molecule has 1 saturated heterocycles. The van der Waals surface area contributed by atoms with Crippen LogP contribution in [0, 0.1) is 6.92 Å². The molecule has 1 aliphatic rings. The maximum Gasteiger partial charge on any atom is 0.407 e. The Kier molecular flexibility index (Phi) is 5.55. The van der Waals surface area contributed by atoms with E-state index in [-0.39, 0.29) is 24.2 Å². The van der Waals surface area contributed by atoms with Gasteiger partial charge >= 0.3 is 6.09 Å². The molecule has 7 nitrogen and oxygen atoms in total. The predicted octanol–water partition coefficient (Wildman–Crippen LogP) is 2.41. The van der Waals surface area contributed by atoms with Gasteiger partial charge in [0, 0.05) is 43.2 Å². The first-order valence-electron chi connectivity index (χ1n) is 8.54. The standard InChI is InChI=1S/C18H27N3O4/c1-12-9-14(22)11-19-15(12)10-13-5-6-16(23)20(13)7-8-21(17(24)25)18(2,3)4/h9,11,13,22H,5-8,10H2,1-4H3,(H,24,25). The molecule has 0 aromatic carbocycles. The lowest BCUT2D eigenvalue weighted by atomic mass is 10.0. The highest BCUT2D eigenvalue weighted by Gasteiger charge is 2.33. The quantitative estimate of drug-likeness (QED) is 0.851. The van der Waals surface area contributed by atoms with Gasteiger partial charge in [-0.1, -0.05) is 0 Å². The van der Waals surface area contributed by atoms with E-state index in [1.807, 2.05) is 27.7 Å². The summed E-state index contributed by atoms with van der Waals surface area (Å²) in [4.78, 5) is 31.1. The van der Waals surface area contributed by atoms with Gasteiger partial charge in [-0.15, -0.1) is 0 Å². The second kappa shape index (κ2) is 7.29. The van der Waals surface area contributed by atoms with E-state index in [2.05, 4.69) is 4.98 Å². The molecule has 1 aromatic rings. The summed E-state index contributed by atoms with van der Waals surface area (Å²) in [5.74, 6) is 0.184. The van der Waals surface area contributed by atoms with E-state index < -0.39 is 11.6 Å². The number of aromatic hydroxyl groups is 1. The molecular formula is C18H27N3O4. The van der Waals surface area contributed by atoms with Crippen molar-refractivity contribution in [2.75, 3.05) is 13.1 Å². The minimum Gasteiger partial charge on any atom is -0.506 e. The molecule has 0 saturated carbocycles. The van der Waals surface area contributed by atoms with Crippen molar-refractivity contribution >= 4 is 12.0 Å². The van der Waals surface area contributed by atoms with Gasteiger partial charge in [-0.05, 0) is 45.7 Å². The smallest absolute Gasteiger partial charge is 0.407 e. The topological polar surface area (TPSA) is 94.0 Å². The van der Waals surface area contributed by atoms with Crippen molar-refractivity contribution in [2.45, 2.75) is 58.5 Å². The monoisotopic (exact) mass is 349 g/mol. The lowest BCUT2D eigenvalue weighted by Crippen LogP contribution is -2.49. The van der Waals surface area contributed by atoms with E-state index in [0.717, 1.165) is 17.7 Å². The van der Waals surface area contributed by atoms with Crippen LogP contribution >= 0.6 is 0 Å². The van der Waals surface area contributed by atoms with Crippen LogP contribution in [0.15, 0.2) is 12.3 Å². The Morgan fingerprint density at radius 1 is 1.44 bits per heavy atom. The number of aromatic nitrogens is 1. The highest BCUT2D eigenvalue weighted by Crippen LogP contribution is 2.24. The third-order valence-corrected chi connectivity index (χ3v) is 4.66. The Morgan fingerprint density at radius 3 is 2.68 bits per heavy atom. The molecule has 1 aromatic heterocycles. The maximum atomic E-state index is 12.2. The van der Waals surface area contributed by atoms with E-state index in [9.17, 15) is 19.8 Å². The Labute approximate surface area is 148 Å². The van der Waals surface area contributed by atoms with Gasteiger partial charge in [0.15, 0.2) is 0 Å². The van der Waals surface area contributed by atoms with Crippen LogP contribution in [0.1, 0.15) is 44.9 Å². The zero-order chi connectivity index (χ0) is 18.8. The van der Waals surface area contributed by atoms with Crippen LogP contribution in [0.25, 0.3) is 0 Å². The number of aryl methyl sites for hydroxylation is 1. The second-order valence-electron chi connectivity index (χ2n) is 7.55. The summed E-state index contributed by atoms with van der Waals surface area (Å²) in [7, 11) is 0. The molecule has 2 N–H and O–H groups in total. The summed E-state index contributed by atoms with van der Waals surface area (Å²) < 4.78 is 0. The third kappa shape index (κ3) is 4.61. The first-order chi connectivity index (χ1) is 11.6. The average Bonchev–Trinajstić information content (AvgIpc) is 2.81. The fourth-order valence-electron chi connectivity index (χ4n) is 3.26. The summed E-state index contributed by atoms with van der Waals surface area (Å²) in [6, 6.07) is 1.67. The molecule has 1 atom stereocenters. The Hall–Kier alpha value is -2.31. The van der Waals surface area contributed by atoms with Crippen molar-refractivity contribution in [1.82, 2.24) is 14.8 Å². The lowest BCUT2D eigenvalue weighted by Gasteiger charge is -2.35. The van der Waals surface area contributed by atoms with E-state index in [1.165, 1.54) is 11.1 Å². The van der Waals surface area contributed by atoms with Gasteiger partial charge in [0.05, 0.1) is 6.20 Å². The second-order valence-corrected chi connectivity index (χ2v) is 7.55. The molecule has 0 radical (unpaired) electrons. The molecule has 0 bridgehead atoms. The molecule has 2 rings (SSSR count). The van der Waals surface area contributed by atoms with E-state index >= 15 is 0 Å². The lowest BCUT2D eigenvalue weighted by molar-refractivity contribution is -0.129. The number of amides is 2. The molecule has 2 amide bonds. The van der Waals surface area contributed by atoms with E-state index in [4.69, 9.17) is 0 Å². The number of rotatable bonds is 5.